The molecule has 1 saturated carbocycles. The molecule has 1 unspecified atom stereocenters. The van der Waals surface area contributed by atoms with Crippen LogP contribution in [0.3, 0.4) is 0 Å². The minimum Gasteiger partial charge on any atom is -0.465 e. The van der Waals surface area contributed by atoms with Crippen molar-refractivity contribution in [2.24, 2.45) is 22.1 Å². The van der Waals surface area contributed by atoms with Crippen LogP contribution in [0.25, 0.3) is 16.6 Å². The molecule has 2 atom stereocenters. The van der Waals surface area contributed by atoms with E-state index in [-0.39, 0.29) is 17.9 Å². The average Bonchev–Trinajstić information content (AvgIpc) is 3.28. The smallest absolute Gasteiger partial charge is 0.407 e. The number of nitrogens with two attached hydrogens (primary N) is 1. The van der Waals surface area contributed by atoms with E-state index in [0.29, 0.717) is 29.1 Å². The Balaban J connectivity index is 1.47. The highest BCUT2D eigenvalue weighted by molar-refractivity contribution is 6.08. The summed E-state index contributed by atoms with van der Waals surface area (Å²) in [4.78, 5) is 26.8. The molecule has 3 aromatic rings. The Labute approximate surface area is 217 Å². The number of hydrogen-bond acceptors (Lipinski definition) is 6. The Morgan fingerprint density at radius 1 is 1.41 bits per heavy atom. The average molecular weight is 500 g/mol. The maximum Gasteiger partial charge on any atom is 0.407 e. The lowest BCUT2D eigenvalue weighted by atomic mass is 9.70. The summed E-state index contributed by atoms with van der Waals surface area (Å²) < 4.78 is 2.13. The van der Waals surface area contributed by atoms with Gasteiger partial charge in [0.25, 0.3) is 0 Å². The first-order chi connectivity index (χ1) is 17.8. The molecule has 9 nitrogen and oxygen atoms in total. The van der Waals surface area contributed by atoms with Crippen molar-refractivity contribution in [1.29, 1.82) is 5.26 Å². The molecule has 0 radical (unpaired) electrons. The zero-order chi connectivity index (χ0) is 26.4. The molecular weight excluding hydrogens is 466 g/mol. The van der Waals surface area contributed by atoms with E-state index in [2.05, 4.69) is 32.5 Å². The fraction of sp³-hybridized carbons (Fsp3) is 0.393. The molecule has 1 aliphatic carbocycles. The number of hydrogen-bond donors (Lipinski definition) is 2. The SMILES string of the molecule is CN=CC(=CN)c1cccc(CN(CC2CCC[C@](C)(Cn3cnc4ccc(C#N)cc43)C2)C(=O)O)n1. The largest absolute Gasteiger partial charge is 0.465 e. The topological polar surface area (TPSA) is 133 Å². The molecule has 0 bridgehead atoms. The van der Waals surface area contributed by atoms with Crippen LogP contribution in [0, 0.1) is 22.7 Å². The molecule has 4 rings (SSSR count). The Kier molecular flexibility index (Phi) is 7.87. The van der Waals surface area contributed by atoms with Crippen LogP contribution in [0.15, 0.2) is 53.9 Å². The number of fused-ring (bicyclic) bond motifs is 1. The van der Waals surface area contributed by atoms with Gasteiger partial charge >= 0.3 is 6.09 Å². The quantitative estimate of drug-likeness (QED) is 0.432. The summed E-state index contributed by atoms with van der Waals surface area (Å²) in [5, 5.41) is 19.3. The van der Waals surface area contributed by atoms with Crippen LogP contribution in [0.2, 0.25) is 0 Å². The molecule has 1 aliphatic rings. The van der Waals surface area contributed by atoms with Crippen LogP contribution in [0.1, 0.15) is 49.6 Å². The van der Waals surface area contributed by atoms with Crippen molar-refractivity contribution in [3.8, 4) is 6.07 Å². The Morgan fingerprint density at radius 2 is 2.24 bits per heavy atom. The zero-order valence-electron chi connectivity index (χ0n) is 21.3. The van der Waals surface area contributed by atoms with E-state index in [1.54, 1.807) is 19.3 Å². The van der Waals surface area contributed by atoms with E-state index in [1.165, 1.54) is 11.1 Å². The summed E-state index contributed by atoms with van der Waals surface area (Å²) in [6.45, 7) is 3.71. The number of nitriles is 1. The van der Waals surface area contributed by atoms with E-state index in [1.807, 2.05) is 36.7 Å². The van der Waals surface area contributed by atoms with Gasteiger partial charge < -0.3 is 20.3 Å². The number of allylic oxidation sites excluding steroid dienone is 1. The fourth-order valence-electron chi connectivity index (χ4n) is 5.46. The monoisotopic (exact) mass is 499 g/mol. The van der Waals surface area contributed by atoms with Gasteiger partial charge in [0.2, 0.25) is 0 Å². The zero-order valence-corrected chi connectivity index (χ0v) is 21.3. The van der Waals surface area contributed by atoms with Crippen LogP contribution in [0.5, 0.6) is 0 Å². The first-order valence-electron chi connectivity index (χ1n) is 12.5. The highest BCUT2D eigenvalue weighted by atomic mass is 16.4. The van der Waals surface area contributed by atoms with Gasteiger partial charge in [0.1, 0.15) is 0 Å². The normalized spacial score (nSPS) is 20.2. The molecule has 2 aromatic heterocycles. The number of benzene rings is 1. The van der Waals surface area contributed by atoms with Crippen LogP contribution < -0.4 is 5.73 Å². The van der Waals surface area contributed by atoms with E-state index >= 15 is 0 Å². The van der Waals surface area contributed by atoms with Crippen LogP contribution >= 0.6 is 0 Å². The molecule has 0 saturated heterocycles. The number of aliphatic imine (C=N–C) groups is 1. The predicted octanol–water partition coefficient (Wildman–Crippen LogP) is 4.68. The van der Waals surface area contributed by atoms with Gasteiger partial charge in [0.05, 0.1) is 46.9 Å². The summed E-state index contributed by atoms with van der Waals surface area (Å²) in [6, 6.07) is 13.3. The van der Waals surface area contributed by atoms with Crippen LogP contribution in [0.4, 0.5) is 4.79 Å². The molecule has 192 valence electrons. The summed E-state index contributed by atoms with van der Waals surface area (Å²) >= 11 is 0. The standard InChI is InChI=1S/C28H33N7O2/c1-28(18-35-19-32-25-9-8-20(13-29)11-26(25)35)10-4-5-21(12-28)16-34(27(36)37)17-23-6-3-7-24(33-23)22(14-30)15-31-2/h3,6-9,11,14-15,19,21H,4-5,10,12,16-18,30H2,1-2H3,(H,36,37)/t21?,28-/m0/s1. The van der Waals surface area contributed by atoms with Crippen molar-refractivity contribution < 1.29 is 9.90 Å². The van der Waals surface area contributed by atoms with Gasteiger partial charge in [-0.1, -0.05) is 19.4 Å². The molecule has 37 heavy (non-hydrogen) atoms. The first kappa shape index (κ1) is 25.9. The molecule has 9 heteroatoms. The lowest BCUT2D eigenvalue weighted by Crippen LogP contribution is -2.38. The van der Waals surface area contributed by atoms with Crippen molar-refractivity contribution in [3.63, 3.8) is 0 Å². The third-order valence-corrected chi connectivity index (χ3v) is 7.13. The number of aromatic nitrogens is 3. The number of amides is 1. The van der Waals surface area contributed by atoms with Gasteiger partial charge in [-0.3, -0.25) is 9.98 Å². The highest BCUT2D eigenvalue weighted by Crippen LogP contribution is 2.41. The van der Waals surface area contributed by atoms with Gasteiger partial charge in [-0.25, -0.2) is 9.78 Å². The molecule has 1 aromatic carbocycles. The number of carboxylic acid groups (broad SMARTS) is 1. The minimum absolute atomic E-state index is 0.00183. The molecule has 2 heterocycles. The van der Waals surface area contributed by atoms with Gasteiger partial charge in [-0.2, -0.15) is 5.26 Å². The summed E-state index contributed by atoms with van der Waals surface area (Å²) in [6.07, 6.45) is 7.98. The Morgan fingerprint density at radius 3 is 2.97 bits per heavy atom. The number of carbonyl (C=O) groups is 1. The van der Waals surface area contributed by atoms with Crippen molar-refractivity contribution >= 4 is 28.9 Å². The summed E-state index contributed by atoms with van der Waals surface area (Å²) in [5.74, 6) is 0.245. The second kappa shape index (κ2) is 11.2. The predicted molar refractivity (Wildman–Crippen MR) is 144 cm³/mol. The third-order valence-electron chi connectivity index (χ3n) is 7.13. The van der Waals surface area contributed by atoms with Gasteiger partial charge in [0, 0.05) is 38.1 Å². The fourth-order valence-corrected chi connectivity index (χ4v) is 5.46. The second-order valence-electron chi connectivity index (χ2n) is 10.1. The van der Waals surface area contributed by atoms with E-state index in [4.69, 9.17) is 5.73 Å². The molecule has 0 aliphatic heterocycles. The van der Waals surface area contributed by atoms with Crippen molar-refractivity contribution in [2.45, 2.75) is 45.7 Å². The molecule has 0 spiro atoms. The van der Waals surface area contributed by atoms with Gasteiger partial charge in [0.15, 0.2) is 0 Å². The van der Waals surface area contributed by atoms with E-state index in [9.17, 15) is 15.2 Å². The molecular formula is C28H33N7O2. The molecule has 3 N–H and O–H groups in total. The molecule has 1 amide bonds. The minimum atomic E-state index is -0.950. The lowest BCUT2D eigenvalue weighted by molar-refractivity contribution is 0.0922. The Bertz CT molecular complexity index is 1370. The maximum atomic E-state index is 12.2. The number of imidazole rings is 1. The third kappa shape index (κ3) is 6.15. The van der Waals surface area contributed by atoms with Crippen molar-refractivity contribution in [1.82, 2.24) is 19.4 Å². The highest BCUT2D eigenvalue weighted by Gasteiger charge is 2.34. The number of pyridine rings is 1. The van der Waals surface area contributed by atoms with Crippen molar-refractivity contribution in [3.05, 3.63) is 65.9 Å². The lowest BCUT2D eigenvalue weighted by Gasteiger charge is -2.40. The van der Waals surface area contributed by atoms with Crippen molar-refractivity contribution in [2.75, 3.05) is 13.6 Å². The van der Waals surface area contributed by atoms with E-state index < -0.39 is 6.09 Å². The van der Waals surface area contributed by atoms with Crippen LogP contribution in [-0.2, 0) is 13.1 Å². The van der Waals surface area contributed by atoms with Gasteiger partial charge in [-0.15, -0.1) is 0 Å². The van der Waals surface area contributed by atoms with Gasteiger partial charge in [-0.05, 0) is 60.9 Å². The number of nitrogens with zero attached hydrogens (tertiary/aromatic N) is 6. The summed E-state index contributed by atoms with van der Waals surface area (Å²) in [7, 11) is 1.66. The summed E-state index contributed by atoms with van der Waals surface area (Å²) in [5.41, 5.74) is 10.2. The van der Waals surface area contributed by atoms with Crippen LogP contribution in [-0.4, -0.2) is 50.4 Å². The second-order valence-corrected chi connectivity index (χ2v) is 10.1. The Hall–Kier alpha value is -4.19. The first-order valence-corrected chi connectivity index (χ1v) is 12.5. The molecule has 1 fully saturated rings. The number of rotatable bonds is 8. The van der Waals surface area contributed by atoms with E-state index in [0.717, 1.165) is 43.3 Å². The maximum absolute atomic E-state index is 12.2.